The van der Waals surface area contributed by atoms with E-state index in [4.69, 9.17) is 0 Å². The van der Waals surface area contributed by atoms with Crippen LogP contribution in [-0.2, 0) is 0 Å². The fraction of sp³-hybridized carbons (Fsp3) is 0.632. The van der Waals surface area contributed by atoms with Crippen LogP contribution in [0.3, 0.4) is 0 Å². The largest absolute Gasteiger partial charge is 0.296 e. The predicted molar refractivity (Wildman–Crippen MR) is 89.1 cm³/mol. The van der Waals surface area contributed by atoms with Crippen molar-refractivity contribution in [3.8, 4) is 0 Å². The lowest BCUT2D eigenvalue weighted by molar-refractivity contribution is 0.0892. The maximum absolute atomic E-state index is 12.6. The number of carbonyl (C=O) groups excluding carboxylic acids is 1. The van der Waals surface area contributed by atoms with Gasteiger partial charge in [-0.3, -0.25) is 9.69 Å². The zero-order valence-corrected chi connectivity index (χ0v) is 14.0. The first-order chi connectivity index (χ1) is 10.0. The molecule has 0 unspecified atom stereocenters. The Hall–Kier alpha value is -1.15. The van der Waals surface area contributed by atoms with E-state index in [1.54, 1.807) is 0 Å². The lowest BCUT2D eigenvalue weighted by atomic mass is 9.92. The summed E-state index contributed by atoms with van der Waals surface area (Å²) in [6.45, 7) is 11.3. The number of nitrogens with zero attached hydrogens (tertiary/aromatic N) is 1. The Balaban J connectivity index is 1.95. The van der Waals surface area contributed by atoms with E-state index in [0.29, 0.717) is 6.54 Å². The Morgan fingerprint density at radius 3 is 2.33 bits per heavy atom. The van der Waals surface area contributed by atoms with E-state index in [2.05, 4.69) is 37.8 Å². The van der Waals surface area contributed by atoms with Gasteiger partial charge < -0.3 is 0 Å². The van der Waals surface area contributed by atoms with Crippen LogP contribution in [0.2, 0.25) is 0 Å². The Morgan fingerprint density at radius 1 is 1.10 bits per heavy atom. The molecule has 0 spiro atoms. The van der Waals surface area contributed by atoms with Crippen molar-refractivity contribution in [2.24, 2.45) is 5.92 Å². The van der Waals surface area contributed by atoms with Crippen molar-refractivity contribution >= 4 is 5.78 Å². The molecule has 2 heteroatoms. The predicted octanol–water partition coefficient (Wildman–Crippen LogP) is 4.31. The standard InChI is InChI=1S/C19H29NO/c1-5-6-17-7-9-20(10-8-17)13-19(21)18-12-15(3)14(2)11-16(18)4/h11-12,17H,5-10,13H2,1-4H3. The molecule has 1 saturated heterocycles. The molecule has 0 aromatic heterocycles. The summed E-state index contributed by atoms with van der Waals surface area (Å²) in [4.78, 5) is 14.9. The van der Waals surface area contributed by atoms with E-state index in [-0.39, 0.29) is 5.78 Å². The molecule has 2 rings (SSSR count). The van der Waals surface area contributed by atoms with E-state index in [1.165, 1.54) is 36.8 Å². The number of benzene rings is 1. The van der Waals surface area contributed by atoms with Gasteiger partial charge in [-0.1, -0.05) is 25.8 Å². The quantitative estimate of drug-likeness (QED) is 0.752. The second kappa shape index (κ2) is 7.22. The summed E-state index contributed by atoms with van der Waals surface area (Å²) in [6.07, 6.45) is 5.14. The molecule has 0 aliphatic carbocycles. The van der Waals surface area contributed by atoms with Crippen LogP contribution in [0, 0.1) is 26.7 Å². The molecule has 0 saturated carbocycles. The molecule has 21 heavy (non-hydrogen) atoms. The molecule has 1 aliphatic rings. The van der Waals surface area contributed by atoms with Crippen LogP contribution in [0.15, 0.2) is 12.1 Å². The van der Waals surface area contributed by atoms with Crippen molar-refractivity contribution < 1.29 is 4.79 Å². The first-order valence-corrected chi connectivity index (χ1v) is 8.34. The van der Waals surface area contributed by atoms with Gasteiger partial charge in [0.15, 0.2) is 5.78 Å². The number of aryl methyl sites for hydroxylation is 3. The first kappa shape index (κ1) is 16.2. The lowest BCUT2D eigenvalue weighted by Crippen LogP contribution is -2.37. The van der Waals surface area contributed by atoms with Gasteiger partial charge in [-0.15, -0.1) is 0 Å². The SMILES string of the molecule is CCCC1CCN(CC(=O)c2cc(C)c(C)cc2C)CC1. The summed E-state index contributed by atoms with van der Waals surface area (Å²) in [7, 11) is 0. The van der Waals surface area contributed by atoms with Gasteiger partial charge in [-0.05, 0) is 75.4 Å². The number of hydrogen-bond donors (Lipinski definition) is 0. The third kappa shape index (κ3) is 4.16. The van der Waals surface area contributed by atoms with Gasteiger partial charge in [0.2, 0.25) is 0 Å². The zero-order chi connectivity index (χ0) is 15.4. The van der Waals surface area contributed by atoms with Crippen LogP contribution < -0.4 is 0 Å². The summed E-state index contributed by atoms with van der Waals surface area (Å²) in [6, 6.07) is 4.20. The van der Waals surface area contributed by atoms with Gasteiger partial charge in [0.1, 0.15) is 0 Å². The molecule has 0 atom stereocenters. The third-order valence-electron chi connectivity index (χ3n) is 4.91. The van der Waals surface area contributed by atoms with Crippen molar-refractivity contribution in [2.45, 2.75) is 53.4 Å². The molecule has 0 amide bonds. The molecule has 2 nitrogen and oxygen atoms in total. The maximum Gasteiger partial charge on any atom is 0.177 e. The van der Waals surface area contributed by atoms with Crippen LogP contribution in [0.1, 0.15) is 59.7 Å². The van der Waals surface area contributed by atoms with E-state index >= 15 is 0 Å². The number of piperidine rings is 1. The fourth-order valence-electron chi connectivity index (χ4n) is 3.39. The molecular weight excluding hydrogens is 258 g/mol. The number of Topliss-reactive ketones (excluding diaryl/α,β-unsaturated/α-hetero) is 1. The van der Waals surface area contributed by atoms with Crippen LogP contribution in [-0.4, -0.2) is 30.3 Å². The average molecular weight is 287 g/mol. The van der Waals surface area contributed by atoms with Crippen LogP contribution in [0.25, 0.3) is 0 Å². The number of hydrogen-bond acceptors (Lipinski definition) is 2. The topological polar surface area (TPSA) is 20.3 Å². The molecule has 1 fully saturated rings. The molecule has 0 bridgehead atoms. The van der Waals surface area contributed by atoms with E-state index in [0.717, 1.165) is 30.1 Å². The smallest absolute Gasteiger partial charge is 0.177 e. The van der Waals surface area contributed by atoms with Crippen LogP contribution >= 0.6 is 0 Å². The normalized spacial score (nSPS) is 17.1. The minimum Gasteiger partial charge on any atom is -0.296 e. The summed E-state index contributed by atoms with van der Waals surface area (Å²) < 4.78 is 0. The Bertz CT molecular complexity index is 499. The van der Waals surface area contributed by atoms with Crippen molar-refractivity contribution in [1.82, 2.24) is 4.90 Å². The molecule has 116 valence electrons. The number of ketones is 1. The summed E-state index contributed by atoms with van der Waals surface area (Å²) in [5.41, 5.74) is 4.51. The molecule has 0 radical (unpaired) electrons. The van der Waals surface area contributed by atoms with Crippen molar-refractivity contribution in [3.05, 3.63) is 34.4 Å². The van der Waals surface area contributed by atoms with Crippen LogP contribution in [0.5, 0.6) is 0 Å². The highest BCUT2D eigenvalue weighted by atomic mass is 16.1. The highest BCUT2D eigenvalue weighted by Gasteiger charge is 2.21. The van der Waals surface area contributed by atoms with Gasteiger partial charge in [-0.2, -0.15) is 0 Å². The second-order valence-electron chi connectivity index (χ2n) is 6.68. The monoisotopic (exact) mass is 287 g/mol. The zero-order valence-electron chi connectivity index (χ0n) is 14.0. The van der Waals surface area contributed by atoms with Gasteiger partial charge in [0.25, 0.3) is 0 Å². The van der Waals surface area contributed by atoms with Crippen molar-refractivity contribution in [1.29, 1.82) is 0 Å². The highest BCUT2D eigenvalue weighted by Crippen LogP contribution is 2.22. The minimum atomic E-state index is 0.282. The maximum atomic E-state index is 12.6. The van der Waals surface area contributed by atoms with E-state index in [9.17, 15) is 4.79 Å². The van der Waals surface area contributed by atoms with E-state index in [1.807, 2.05) is 6.92 Å². The Morgan fingerprint density at radius 2 is 1.71 bits per heavy atom. The van der Waals surface area contributed by atoms with Crippen LogP contribution in [0.4, 0.5) is 0 Å². The average Bonchev–Trinajstić information content (AvgIpc) is 2.45. The van der Waals surface area contributed by atoms with Gasteiger partial charge in [0, 0.05) is 5.56 Å². The number of likely N-dealkylation sites (tertiary alicyclic amines) is 1. The summed E-state index contributed by atoms with van der Waals surface area (Å²) in [5, 5.41) is 0. The Labute approximate surface area is 129 Å². The molecule has 1 aliphatic heterocycles. The van der Waals surface area contributed by atoms with Gasteiger partial charge >= 0.3 is 0 Å². The van der Waals surface area contributed by atoms with Gasteiger partial charge in [0.05, 0.1) is 6.54 Å². The number of carbonyl (C=O) groups is 1. The van der Waals surface area contributed by atoms with Gasteiger partial charge in [-0.25, -0.2) is 0 Å². The fourth-order valence-corrected chi connectivity index (χ4v) is 3.39. The molecular formula is C19H29NO. The Kier molecular flexibility index (Phi) is 5.58. The molecule has 0 N–H and O–H groups in total. The number of rotatable bonds is 5. The molecule has 1 aromatic carbocycles. The summed E-state index contributed by atoms with van der Waals surface area (Å²) in [5.74, 6) is 1.16. The summed E-state index contributed by atoms with van der Waals surface area (Å²) >= 11 is 0. The third-order valence-corrected chi connectivity index (χ3v) is 4.91. The van der Waals surface area contributed by atoms with E-state index < -0.39 is 0 Å². The lowest BCUT2D eigenvalue weighted by Gasteiger charge is -2.31. The van der Waals surface area contributed by atoms with Crippen molar-refractivity contribution in [2.75, 3.05) is 19.6 Å². The molecule has 1 aromatic rings. The first-order valence-electron chi connectivity index (χ1n) is 8.34. The second-order valence-corrected chi connectivity index (χ2v) is 6.68. The van der Waals surface area contributed by atoms with Crippen molar-refractivity contribution in [3.63, 3.8) is 0 Å². The highest BCUT2D eigenvalue weighted by molar-refractivity contribution is 5.99. The molecule has 1 heterocycles. The minimum absolute atomic E-state index is 0.282.